The highest BCUT2D eigenvalue weighted by molar-refractivity contribution is 4.88. The summed E-state index contributed by atoms with van der Waals surface area (Å²) in [6.45, 7) is 5.66. The summed E-state index contributed by atoms with van der Waals surface area (Å²) in [6.07, 6.45) is 13.5. The van der Waals surface area contributed by atoms with Gasteiger partial charge in [-0.25, -0.2) is 9.13 Å². The van der Waals surface area contributed by atoms with Crippen molar-refractivity contribution in [1.29, 1.82) is 0 Å². The topological polar surface area (TPSA) is 8.81 Å². The zero-order chi connectivity index (χ0) is 10.0. The first kappa shape index (κ1) is 9.75. The molecule has 1 fully saturated rings. The van der Waals surface area contributed by atoms with Gasteiger partial charge < -0.3 is 0 Å². The standard InChI is InChI=1S/C12H21N2/c1-3-13-9-10-14(11-13)12(2)7-5-4-6-8-12/h9-11H,3-8H2,1-2H3/q+1. The van der Waals surface area contributed by atoms with Crippen LogP contribution in [0.1, 0.15) is 46.0 Å². The van der Waals surface area contributed by atoms with Gasteiger partial charge in [0.2, 0.25) is 6.33 Å². The number of aromatic nitrogens is 2. The molecule has 0 bridgehead atoms. The molecule has 1 heterocycles. The SMILES string of the molecule is CC[n+]1ccn(C2(C)CCCCC2)c1. The minimum Gasteiger partial charge on any atom is -0.237 e. The number of hydrogen-bond acceptors (Lipinski definition) is 0. The van der Waals surface area contributed by atoms with Crippen molar-refractivity contribution < 1.29 is 4.57 Å². The summed E-state index contributed by atoms with van der Waals surface area (Å²) >= 11 is 0. The van der Waals surface area contributed by atoms with E-state index < -0.39 is 0 Å². The Morgan fingerprint density at radius 1 is 1.29 bits per heavy atom. The fourth-order valence-corrected chi connectivity index (χ4v) is 2.47. The highest BCUT2D eigenvalue weighted by atomic mass is 15.1. The molecule has 0 amide bonds. The lowest BCUT2D eigenvalue weighted by Gasteiger charge is -2.30. The first-order chi connectivity index (χ1) is 6.74. The molecule has 2 rings (SSSR count). The number of hydrogen-bond donors (Lipinski definition) is 0. The zero-order valence-electron chi connectivity index (χ0n) is 9.37. The van der Waals surface area contributed by atoms with Gasteiger partial charge in [-0.2, -0.15) is 0 Å². The number of nitrogens with zero attached hydrogens (tertiary/aromatic N) is 2. The Hall–Kier alpha value is -0.790. The van der Waals surface area contributed by atoms with E-state index in [4.69, 9.17) is 0 Å². The summed E-state index contributed by atoms with van der Waals surface area (Å²) in [5.74, 6) is 0. The molecule has 0 atom stereocenters. The lowest BCUT2D eigenvalue weighted by atomic mass is 9.83. The van der Waals surface area contributed by atoms with Gasteiger partial charge in [-0.3, -0.25) is 0 Å². The number of rotatable bonds is 2. The molecule has 2 heteroatoms. The van der Waals surface area contributed by atoms with Gasteiger partial charge in [0, 0.05) is 0 Å². The molecule has 0 spiro atoms. The third-order valence-electron chi connectivity index (χ3n) is 3.61. The van der Waals surface area contributed by atoms with Crippen LogP contribution in [0.5, 0.6) is 0 Å². The van der Waals surface area contributed by atoms with Gasteiger partial charge in [0.15, 0.2) is 0 Å². The molecule has 1 aliphatic rings. The van der Waals surface area contributed by atoms with E-state index in [1.54, 1.807) is 0 Å². The van der Waals surface area contributed by atoms with E-state index in [-0.39, 0.29) is 0 Å². The molecule has 78 valence electrons. The molecule has 1 aliphatic carbocycles. The van der Waals surface area contributed by atoms with Gasteiger partial charge >= 0.3 is 0 Å². The minimum absolute atomic E-state index is 0.388. The van der Waals surface area contributed by atoms with Crippen molar-refractivity contribution in [2.45, 2.75) is 58.0 Å². The Labute approximate surface area is 86.6 Å². The number of imidazole rings is 1. The molecule has 0 aliphatic heterocycles. The second-order valence-electron chi connectivity index (χ2n) is 4.71. The second-order valence-corrected chi connectivity index (χ2v) is 4.71. The summed E-state index contributed by atoms with van der Waals surface area (Å²) in [5, 5.41) is 0. The van der Waals surface area contributed by atoms with Gasteiger partial charge in [-0.15, -0.1) is 0 Å². The van der Waals surface area contributed by atoms with Crippen LogP contribution in [-0.4, -0.2) is 4.57 Å². The third kappa shape index (κ3) is 1.70. The molecule has 14 heavy (non-hydrogen) atoms. The van der Waals surface area contributed by atoms with Crippen LogP contribution in [0, 0.1) is 0 Å². The van der Waals surface area contributed by atoms with Crippen molar-refractivity contribution in [2.75, 3.05) is 0 Å². The maximum atomic E-state index is 2.41. The smallest absolute Gasteiger partial charge is 0.237 e. The van der Waals surface area contributed by atoms with Crippen LogP contribution in [0.4, 0.5) is 0 Å². The quantitative estimate of drug-likeness (QED) is 0.638. The van der Waals surface area contributed by atoms with Gasteiger partial charge in [-0.1, -0.05) is 6.42 Å². The Bertz CT molecular complexity index is 295. The van der Waals surface area contributed by atoms with Crippen LogP contribution in [0.2, 0.25) is 0 Å². The van der Waals surface area contributed by atoms with Gasteiger partial charge in [0.25, 0.3) is 0 Å². The summed E-state index contributed by atoms with van der Waals surface area (Å²) in [4.78, 5) is 0. The first-order valence-corrected chi connectivity index (χ1v) is 5.82. The average molecular weight is 193 g/mol. The van der Waals surface area contributed by atoms with Crippen LogP contribution >= 0.6 is 0 Å². The van der Waals surface area contributed by atoms with Crippen LogP contribution in [-0.2, 0) is 12.1 Å². The molecule has 2 nitrogen and oxygen atoms in total. The largest absolute Gasteiger partial charge is 0.244 e. The lowest BCUT2D eigenvalue weighted by Crippen LogP contribution is -2.35. The molecule has 0 aromatic carbocycles. The van der Waals surface area contributed by atoms with E-state index in [1.165, 1.54) is 32.1 Å². The maximum absolute atomic E-state index is 2.41. The molecule has 1 saturated carbocycles. The predicted octanol–water partition coefficient (Wildman–Crippen LogP) is 2.47. The summed E-state index contributed by atoms with van der Waals surface area (Å²) in [5.41, 5.74) is 0.388. The summed E-state index contributed by atoms with van der Waals surface area (Å²) < 4.78 is 4.66. The van der Waals surface area contributed by atoms with Gasteiger partial charge in [0.05, 0.1) is 6.54 Å². The molecule has 1 aromatic rings. The van der Waals surface area contributed by atoms with E-state index in [0.29, 0.717) is 5.54 Å². The highest BCUT2D eigenvalue weighted by Crippen LogP contribution is 2.33. The second kappa shape index (κ2) is 3.76. The summed E-state index contributed by atoms with van der Waals surface area (Å²) in [6, 6.07) is 0. The predicted molar refractivity (Wildman–Crippen MR) is 57.0 cm³/mol. The molecule has 0 saturated heterocycles. The van der Waals surface area contributed by atoms with Crippen LogP contribution in [0.3, 0.4) is 0 Å². The monoisotopic (exact) mass is 193 g/mol. The zero-order valence-corrected chi connectivity index (χ0v) is 9.37. The Balaban J connectivity index is 2.19. The van der Waals surface area contributed by atoms with E-state index >= 15 is 0 Å². The van der Waals surface area contributed by atoms with Crippen molar-refractivity contribution >= 4 is 0 Å². The van der Waals surface area contributed by atoms with E-state index in [2.05, 4.69) is 41.7 Å². The highest BCUT2D eigenvalue weighted by Gasteiger charge is 2.32. The first-order valence-electron chi connectivity index (χ1n) is 5.82. The molecular weight excluding hydrogens is 172 g/mol. The number of aryl methyl sites for hydroxylation is 1. The molecule has 0 N–H and O–H groups in total. The molecule has 1 aromatic heterocycles. The average Bonchev–Trinajstić information content (AvgIpc) is 2.67. The fraction of sp³-hybridized carbons (Fsp3) is 0.750. The Kier molecular flexibility index (Phi) is 2.62. The van der Waals surface area contributed by atoms with E-state index in [9.17, 15) is 0 Å². The van der Waals surface area contributed by atoms with E-state index in [0.717, 1.165) is 6.54 Å². The van der Waals surface area contributed by atoms with Gasteiger partial charge in [0.1, 0.15) is 17.9 Å². The van der Waals surface area contributed by atoms with Crippen molar-refractivity contribution in [2.24, 2.45) is 0 Å². The molecular formula is C12H21N2+. The van der Waals surface area contributed by atoms with Gasteiger partial charge in [-0.05, 0) is 39.5 Å². The van der Waals surface area contributed by atoms with Crippen molar-refractivity contribution in [3.63, 3.8) is 0 Å². The normalized spacial score (nSPS) is 21.0. The van der Waals surface area contributed by atoms with Crippen LogP contribution in [0.25, 0.3) is 0 Å². The fourth-order valence-electron chi connectivity index (χ4n) is 2.47. The minimum atomic E-state index is 0.388. The Morgan fingerprint density at radius 2 is 2.00 bits per heavy atom. The molecule has 0 unspecified atom stereocenters. The maximum Gasteiger partial charge on any atom is 0.244 e. The van der Waals surface area contributed by atoms with E-state index in [1.807, 2.05) is 0 Å². The summed E-state index contributed by atoms with van der Waals surface area (Å²) in [7, 11) is 0. The Morgan fingerprint density at radius 3 is 2.57 bits per heavy atom. The lowest BCUT2D eigenvalue weighted by molar-refractivity contribution is -0.693. The van der Waals surface area contributed by atoms with Crippen LogP contribution < -0.4 is 4.57 Å². The van der Waals surface area contributed by atoms with Crippen LogP contribution in [0.15, 0.2) is 18.7 Å². The molecule has 0 radical (unpaired) electrons. The van der Waals surface area contributed by atoms with Crippen molar-refractivity contribution in [1.82, 2.24) is 4.57 Å². The van der Waals surface area contributed by atoms with Crippen molar-refractivity contribution in [3.05, 3.63) is 18.7 Å². The third-order valence-corrected chi connectivity index (χ3v) is 3.61. The van der Waals surface area contributed by atoms with Crippen molar-refractivity contribution in [3.8, 4) is 0 Å².